The summed E-state index contributed by atoms with van der Waals surface area (Å²) in [5.74, 6) is 0.741. The maximum atomic E-state index is 12.2. The lowest BCUT2D eigenvalue weighted by Crippen LogP contribution is -2.49. The fourth-order valence-electron chi connectivity index (χ4n) is 3.22. The summed E-state index contributed by atoms with van der Waals surface area (Å²) in [5, 5.41) is 10.5. The molecule has 1 aromatic carbocycles. The smallest absolute Gasteiger partial charge is 0.251 e. The van der Waals surface area contributed by atoms with Crippen LogP contribution in [-0.2, 0) is 11.8 Å². The van der Waals surface area contributed by atoms with Crippen LogP contribution in [0.15, 0.2) is 41.7 Å². The Bertz CT molecular complexity index is 838. The number of morpholine rings is 1. The predicted octanol–water partition coefficient (Wildman–Crippen LogP) is 1.73. The first-order valence-corrected chi connectivity index (χ1v) is 9.47. The number of hydrogen-bond acceptors (Lipinski definition) is 4. The van der Waals surface area contributed by atoms with Crippen molar-refractivity contribution in [2.75, 3.05) is 39.8 Å². The zero-order chi connectivity index (χ0) is 19.9. The molecule has 0 spiro atoms. The minimum Gasteiger partial charge on any atom is -0.370 e. The molecule has 1 aliphatic heterocycles. The van der Waals surface area contributed by atoms with Crippen LogP contribution in [-0.4, -0.2) is 66.4 Å². The topological polar surface area (TPSA) is 83.8 Å². The van der Waals surface area contributed by atoms with Crippen LogP contribution in [0.1, 0.15) is 27.6 Å². The van der Waals surface area contributed by atoms with Gasteiger partial charge in [-0.05, 0) is 19.1 Å². The van der Waals surface area contributed by atoms with Crippen molar-refractivity contribution in [1.82, 2.24) is 25.3 Å². The van der Waals surface area contributed by atoms with Gasteiger partial charge in [-0.2, -0.15) is 5.10 Å². The summed E-state index contributed by atoms with van der Waals surface area (Å²) in [6.45, 7) is 5.20. The largest absolute Gasteiger partial charge is 0.370 e. The van der Waals surface area contributed by atoms with E-state index in [4.69, 9.17) is 4.74 Å². The number of carbonyl (C=O) groups is 1. The van der Waals surface area contributed by atoms with Crippen LogP contribution < -0.4 is 10.6 Å². The molecule has 29 heavy (non-hydrogen) atoms. The number of ether oxygens (including phenoxy) is 1. The van der Waals surface area contributed by atoms with E-state index in [2.05, 4.69) is 25.6 Å². The summed E-state index contributed by atoms with van der Waals surface area (Å²) >= 11 is 0. The molecule has 0 saturated carbocycles. The highest BCUT2D eigenvalue weighted by atomic mass is 127. The Morgan fingerprint density at radius 3 is 2.83 bits per heavy atom. The monoisotopic (exact) mass is 512 g/mol. The van der Waals surface area contributed by atoms with E-state index >= 15 is 0 Å². The molecule has 1 aliphatic rings. The van der Waals surface area contributed by atoms with Crippen molar-refractivity contribution >= 4 is 35.8 Å². The van der Waals surface area contributed by atoms with Gasteiger partial charge in [0.2, 0.25) is 0 Å². The van der Waals surface area contributed by atoms with E-state index in [0.29, 0.717) is 31.8 Å². The van der Waals surface area contributed by atoms with Crippen LogP contribution >= 0.6 is 24.0 Å². The highest BCUT2D eigenvalue weighted by Gasteiger charge is 2.25. The first-order chi connectivity index (χ1) is 13.6. The van der Waals surface area contributed by atoms with Crippen LogP contribution in [0, 0.1) is 6.92 Å². The lowest BCUT2D eigenvalue weighted by Gasteiger charge is -2.34. The van der Waals surface area contributed by atoms with E-state index in [-0.39, 0.29) is 36.0 Å². The number of carbonyl (C=O) groups excluding carboxylic acids is 1. The Morgan fingerprint density at radius 1 is 1.34 bits per heavy atom. The van der Waals surface area contributed by atoms with Gasteiger partial charge in [0.1, 0.15) is 6.10 Å². The highest BCUT2D eigenvalue weighted by molar-refractivity contribution is 14.0. The molecule has 1 amide bonds. The number of nitrogens with zero attached hydrogens (tertiary/aromatic N) is 4. The maximum Gasteiger partial charge on any atom is 0.251 e. The summed E-state index contributed by atoms with van der Waals surface area (Å²) in [5.41, 5.74) is 2.81. The lowest BCUT2D eigenvalue weighted by molar-refractivity contribution is -0.00800. The molecule has 1 unspecified atom stereocenters. The number of hydrogen-bond donors (Lipinski definition) is 2. The molecule has 1 fully saturated rings. The van der Waals surface area contributed by atoms with E-state index in [0.717, 1.165) is 23.6 Å². The number of aromatic nitrogens is 2. The summed E-state index contributed by atoms with van der Waals surface area (Å²) in [7, 11) is 3.66. The van der Waals surface area contributed by atoms with Gasteiger partial charge in [-0.1, -0.05) is 17.7 Å². The summed E-state index contributed by atoms with van der Waals surface area (Å²) < 4.78 is 7.66. The Hall–Kier alpha value is -2.14. The molecule has 9 heteroatoms. The molecule has 2 N–H and O–H groups in total. The first-order valence-electron chi connectivity index (χ1n) is 9.47. The van der Waals surface area contributed by atoms with Crippen molar-refractivity contribution in [3.8, 4) is 0 Å². The van der Waals surface area contributed by atoms with Crippen LogP contribution in [0.5, 0.6) is 0 Å². The lowest BCUT2D eigenvalue weighted by atomic mass is 10.1. The second-order valence-electron chi connectivity index (χ2n) is 6.85. The number of halogens is 1. The van der Waals surface area contributed by atoms with Gasteiger partial charge >= 0.3 is 0 Å². The Morgan fingerprint density at radius 2 is 2.14 bits per heavy atom. The van der Waals surface area contributed by atoms with Crippen molar-refractivity contribution < 1.29 is 9.53 Å². The summed E-state index contributed by atoms with van der Waals surface area (Å²) in [4.78, 5) is 18.8. The Labute approximate surface area is 188 Å². The first kappa shape index (κ1) is 23.1. The van der Waals surface area contributed by atoms with E-state index < -0.39 is 0 Å². The number of nitrogens with one attached hydrogen (secondary N) is 2. The minimum atomic E-state index is -0.0662. The fourth-order valence-corrected chi connectivity index (χ4v) is 3.22. The van der Waals surface area contributed by atoms with Crippen LogP contribution in [0.2, 0.25) is 0 Å². The molecule has 2 heterocycles. The van der Waals surface area contributed by atoms with E-state index in [9.17, 15) is 4.79 Å². The van der Waals surface area contributed by atoms with Gasteiger partial charge in [0.25, 0.3) is 5.91 Å². The third kappa shape index (κ3) is 6.43. The summed E-state index contributed by atoms with van der Waals surface area (Å²) in [6.07, 6.45) is 3.79. The van der Waals surface area contributed by atoms with Crippen LogP contribution in [0.3, 0.4) is 0 Å². The molecule has 1 atom stereocenters. The number of guanidine groups is 1. The molecule has 2 aromatic rings. The van der Waals surface area contributed by atoms with Crippen molar-refractivity contribution in [2.45, 2.75) is 13.0 Å². The quantitative estimate of drug-likeness (QED) is 0.276. The van der Waals surface area contributed by atoms with Gasteiger partial charge < -0.3 is 20.3 Å². The van der Waals surface area contributed by atoms with Gasteiger partial charge in [-0.3, -0.25) is 14.5 Å². The number of benzene rings is 1. The molecule has 1 aromatic heterocycles. The minimum absolute atomic E-state index is 0. The fraction of sp³-hybridized carbons (Fsp3) is 0.450. The third-order valence-electron chi connectivity index (χ3n) is 4.65. The van der Waals surface area contributed by atoms with Crippen LogP contribution in [0.4, 0.5) is 0 Å². The molecule has 3 rings (SSSR count). The predicted molar refractivity (Wildman–Crippen MR) is 124 cm³/mol. The number of rotatable bonds is 5. The number of aliphatic imine (C=N–C) groups is 1. The van der Waals surface area contributed by atoms with Gasteiger partial charge in [-0.25, -0.2) is 0 Å². The number of amides is 1. The van der Waals surface area contributed by atoms with E-state index in [1.165, 1.54) is 0 Å². The van der Waals surface area contributed by atoms with Gasteiger partial charge in [-0.15, -0.1) is 24.0 Å². The Kier molecular flexibility index (Phi) is 8.90. The maximum absolute atomic E-state index is 12.2. The molecule has 158 valence electrons. The number of aryl methyl sites for hydroxylation is 2. The molecule has 0 bridgehead atoms. The summed E-state index contributed by atoms with van der Waals surface area (Å²) in [6, 6.07) is 7.57. The SMILES string of the molecule is CN=C(NCCNC(=O)c1cccc(C)c1)N1CCOC(c2cnn(C)c2)C1.I. The van der Waals surface area contributed by atoms with Crippen molar-refractivity contribution in [3.63, 3.8) is 0 Å². The molecular weight excluding hydrogens is 483 g/mol. The zero-order valence-corrected chi connectivity index (χ0v) is 19.4. The second kappa shape index (κ2) is 11.1. The third-order valence-corrected chi connectivity index (χ3v) is 4.65. The van der Waals surface area contributed by atoms with E-state index in [1.807, 2.05) is 50.6 Å². The molecule has 1 saturated heterocycles. The van der Waals surface area contributed by atoms with Gasteiger partial charge in [0.05, 0.1) is 19.3 Å². The Balaban J connectivity index is 0.00000300. The molecule has 8 nitrogen and oxygen atoms in total. The standard InChI is InChI=1S/C20H28N6O2.HI/c1-15-5-4-6-16(11-15)19(27)22-7-8-23-20(21-2)26-9-10-28-18(14-26)17-12-24-25(3)13-17;/h4-6,11-13,18H,7-10,14H2,1-3H3,(H,21,23)(H,22,27);1H. The van der Waals surface area contributed by atoms with Gasteiger partial charge in [0, 0.05) is 51.1 Å². The molecular formula is C20H29IN6O2. The highest BCUT2D eigenvalue weighted by Crippen LogP contribution is 2.21. The van der Waals surface area contributed by atoms with E-state index in [1.54, 1.807) is 11.7 Å². The van der Waals surface area contributed by atoms with Crippen molar-refractivity contribution in [3.05, 3.63) is 53.3 Å². The average Bonchev–Trinajstić information content (AvgIpc) is 3.14. The van der Waals surface area contributed by atoms with Crippen molar-refractivity contribution in [1.29, 1.82) is 0 Å². The normalized spacial score (nSPS) is 16.9. The zero-order valence-electron chi connectivity index (χ0n) is 17.1. The molecule has 0 radical (unpaired) electrons. The average molecular weight is 512 g/mol. The van der Waals surface area contributed by atoms with Gasteiger partial charge in [0.15, 0.2) is 5.96 Å². The second-order valence-corrected chi connectivity index (χ2v) is 6.85. The van der Waals surface area contributed by atoms with Crippen molar-refractivity contribution in [2.24, 2.45) is 12.0 Å². The molecule has 0 aliphatic carbocycles. The van der Waals surface area contributed by atoms with Crippen LogP contribution in [0.25, 0.3) is 0 Å².